The van der Waals surface area contributed by atoms with Gasteiger partial charge in [0.05, 0.1) is 12.2 Å². The van der Waals surface area contributed by atoms with Crippen LogP contribution >= 0.6 is 11.8 Å². The first-order valence-electron chi connectivity index (χ1n) is 6.26. The normalized spacial score (nSPS) is 16.6. The van der Waals surface area contributed by atoms with Gasteiger partial charge in [-0.1, -0.05) is 0 Å². The van der Waals surface area contributed by atoms with E-state index >= 15 is 0 Å². The van der Waals surface area contributed by atoms with Crippen molar-refractivity contribution < 1.29 is 0 Å². The fourth-order valence-corrected chi connectivity index (χ4v) is 3.06. The largest absolute Gasteiger partial charge is 0.399 e. The molecule has 0 atom stereocenters. The van der Waals surface area contributed by atoms with Crippen molar-refractivity contribution in [1.29, 1.82) is 0 Å². The first-order valence-corrected chi connectivity index (χ1v) is 7.42. The monoisotopic (exact) mass is 276 g/mol. The summed E-state index contributed by atoms with van der Waals surface area (Å²) in [5, 5.41) is 12.0. The van der Waals surface area contributed by atoms with E-state index in [1.54, 1.807) is 4.68 Å². The molecule has 100 valence electrons. The molecule has 1 saturated heterocycles. The highest BCUT2D eigenvalue weighted by Gasteiger charge is 2.15. The van der Waals surface area contributed by atoms with Crippen molar-refractivity contribution in [2.45, 2.75) is 6.54 Å². The van der Waals surface area contributed by atoms with Crippen molar-refractivity contribution in [3.8, 4) is 5.69 Å². The molecule has 7 heteroatoms. The maximum atomic E-state index is 5.70. The molecular weight excluding hydrogens is 260 g/mol. The van der Waals surface area contributed by atoms with Crippen molar-refractivity contribution >= 4 is 17.4 Å². The molecule has 0 unspecified atom stereocenters. The minimum atomic E-state index is 0.742. The minimum Gasteiger partial charge on any atom is -0.399 e. The Balaban J connectivity index is 1.79. The lowest BCUT2D eigenvalue weighted by atomic mass is 10.3. The summed E-state index contributed by atoms with van der Waals surface area (Å²) < 4.78 is 1.78. The van der Waals surface area contributed by atoms with E-state index < -0.39 is 0 Å². The maximum absolute atomic E-state index is 5.70. The fraction of sp³-hybridized carbons (Fsp3) is 0.417. The molecular formula is C12H16N6S. The summed E-state index contributed by atoms with van der Waals surface area (Å²) in [6.45, 7) is 2.98. The quantitative estimate of drug-likeness (QED) is 0.836. The van der Waals surface area contributed by atoms with Gasteiger partial charge < -0.3 is 5.73 Å². The molecule has 2 heterocycles. The smallest absolute Gasteiger partial charge is 0.170 e. The van der Waals surface area contributed by atoms with Crippen LogP contribution in [0.4, 0.5) is 5.69 Å². The van der Waals surface area contributed by atoms with Crippen LogP contribution in [-0.4, -0.2) is 49.7 Å². The van der Waals surface area contributed by atoms with E-state index in [-0.39, 0.29) is 0 Å². The molecule has 0 bridgehead atoms. The van der Waals surface area contributed by atoms with E-state index in [0.717, 1.165) is 36.8 Å². The average molecular weight is 276 g/mol. The molecule has 0 spiro atoms. The number of thioether (sulfide) groups is 1. The number of nitrogens with zero attached hydrogens (tertiary/aromatic N) is 5. The molecule has 1 fully saturated rings. The average Bonchev–Trinajstić information content (AvgIpc) is 2.89. The summed E-state index contributed by atoms with van der Waals surface area (Å²) in [7, 11) is 0. The predicted molar refractivity (Wildman–Crippen MR) is 76.2 cm³/mol. The Bertz CT molecular complexity index is 531. The second kappa shape index (κ2) is 5.58. The van der Waals surface area contributed by atoms with Gasteiger partial charge in [-0.15, -0.1) is 5.10 Å². The van der Waals surface area contributed by atoms with E-state index in [4.69, 9.17) is 5.73 Å². The standard InChI is InChI=1S/C12H16N6S/c13-10-1-3-11(4-2-10)18-12(14-15-16-18)9-17-5-7-19-8-6-17/h1-4H,5-9,13H2. The first-order chi connectivity index (χ1) is 9.33. The van der Waals surface area contributed by atoms with Crippen LogP contribution in [0.1, 0.15) is 5.82 Å². The number of hydrogen-bond donors (Lipinski definition) is 1. The molecule has 0 radical (unpaired) electrons. The molecule has 6 nitrogen and oxygen atoms in total. The van der Waals surface area contributed by atoms with E-state index in [1.165, 1.54) is 11.5 Å². The minimum absolute atomic E-state index is 0.742. The summed E-state index contributed by atoms with van der Waals surface area (Å²) in [6.07, 6.45) is 0. The lowest BCUT2D eigenvalue weighted by Crippen LogP contribution is -2.33. The van der Waals surface area contributed by atoms with Crippen LogP contribution in [0.15, 0.2) is 24.3 Å². The van der Waals surface area contributed by atoms with Crippen LogP contribution in [0.2, 0.25) is 0 Å². The zero-order valence-electron chi connectivity index (χ0n) is 10.6. The SMILES string of the molecule is Nc1ccc(-n2nnnc2CN2CCSCC2)cc1. The molecule has 1 aromatic carbocycles. The molecule has 19 heavy (non-hydrogen) atoms. The van der Waals surface area contributed by atoms with Gasteiger partial charge in [-0.2, -0.15) is 16.4 Å². The lowest BCUT2D eigenvalue weighted by Gasteiger charge is -2.25. The Labute approximate surface area is 116 Å². The third-order valence-electron chi connectivity index (χ3n) is 3.14. The number of nitrogens with two attached hydrogens (primary N) is 1. The Morgan fingerprint density at radius 3 is 2.63 bits per heavy atom. The maximum Gasteiger partial charge on any atom is 0.170 e. The third kappa shape index (κ3) is 2.87. The van der Waals surface area contributed by atoms with Gasteiger partial charge >= 0.3 is 0 Å². The summed E-state index contributed by atoms with van der Waals surface area (Å²) >= 11 is 2.00. The Morgan fingerprint density at radius 2 is 1.89 bits per heavy atom. The van der Waals surface area contributed by atoms with Gasteiger partial charge in [-0.25, -0.2) is 0 Å². The van der Waals surface area contributed by atoms with E-state index in [2.05, 4.69) is 20.4 Å². The van der Waals surface area contributed by atoms with Crippen molar-refractivity contribution in [3.63, 3.8) is 0 Å². The number of tetrazole rings is 1. The van der Waals surface area contributed by atoms with Crippen molar-refractivity contribution in [2.24, 2.45) is 0 Å². The van der Waals surface area contributed by atoms with E-state index in [1.807, 2.05) is 36.0 Å². The van der Waals surface area contributed by atoms with Crippen LogP contribution in [0, 0.1) is 0 Å². The molecule has 1 aliphatic heterocycles. The number of anilines is 1. The predicted octanol–water partition coefficient (Wildman–Crippen LogP) is 0.793. The second-order valence-electron chi connectivity index (χ2n) is 4.49. The number of benzene rings is 1. The van der Waals surface area contributed by atoms with Gasteiger partial charge in [0, 0.05) is 30.3 Å². The number of aromatic nitrogens is 4. The molecule has 0 amide bonds. The van der Waals surface area contributed by atoms with Crippen molar-refractivity contribution in [3.05, 3.63) is 30.1 Å². The molecule has 0 aliphatic carbocycles. The Kier molecular flexibility index (Phi) is 3.65. The molecule has 2 aromatic rings. The Hall–Kier alpha value is -1.60. The van der Waals surface area contributed by atoms with E-state index in [0.29, 0.717) is 0 Å². The topological polar surface area (TPSA) is 72.9 Å². The van der Waals surface area contributed by atoms with Crippen LogP contribution in [-0.2, 0) is 6.54 Å². The highest BCUT2D eigenvalue weighted by Crippen LogP contribution is 2.14. The van der Waals surface area contributed by atoms with Crippen LogP contribution in [0.25, 0.3) is 5.69 Å². The third-order valence-corrected chi connectivity index (χ3v) is 4.08. The summed E-state index contributed by atoms with van der Waals surface area (Å²) in [5.41, 5.74) is 7.38. The number of nitrogen functional groups attached to an aromatic ring is 1. The fourth-order valence-electron chi connectivity index (χ4n) is 2.08. The van der Waals surface area contributed by atoms with Gasteiger partial charge in [0.25, 0.3) is 0 Å². The van der Waals surface area contributed by atoms with Crippen molar-refractivity contribution in [1.82, 2.24) is 25.1 Å². The van der Waals surface area contributed by atoms with Gasteiger partial charge in [0.15, 0.2) is 5.82 Å². The Morgan fingerprint density at radius 1 is 1.16 bits per heavy atom. The summed E-state index contributed by atoms with van der Waals surface area (Å²) in [4.78, 5) is 2.38. The second-order valence-corrected chi connectivity index (χ2v) is 5.71. The zero-order chi connectivity index (χ0) is 13.1. The highest BCUT2D eigenvalue weighted by atomic mass is 32.2. The molecule has 1 aliphatic rings. The number of rotatable bonds is 3. The van der Waals surface area contributed by atoms with Crippen LogP contribution < -0.4 is 5.73 Å². The van der Waals surface area contributed by atoms with Gasteiger partial charge in [0.2, 0.25) is 0 Å². The summed E-state index contributed by atoms with van der Waals surface area (Å²) in [5.74, 6) is 3.24. The lowest BCUT2D eigenvalue weighted by molar-refractivity contribution is 0.284. The summed E-state index contributed by atoms with van der Waals surface area (Å²) in [6, 6.07) is 7.58. The molecule has 3 rings (SSSR count). The van der Waals surface area contributed by atoms with Gasteiger partial charge in [0.1, 0.15) is 0 Å². The van der Waals surface area contributed by atoms with Crippen LogP contribution in [0.5, 0.6) is 0 Å². The highest BCUT2D eigenvalue weighted by molar-refractivity contribution is 7.99. The number of hydrogen-bond acceptors (Lipinski definition) is 6. The molecule has 2 N–H and O–H groups in total. The van der Waals surface area contributed by atoms with Gasteiger partial charge in [-0.05, 0) is 34.7 Å². The van der Waals surface area contributed by atoms with Crippen LogP contribution in [0.3, 0.4) is 0 Å². The van der Waals surface area contributed by atoms with Gasteiger partial charge in [-0.3, -0.25) is 4.90 Å². The van der Waals surface area contributed by atoms with Crippen molar-refractivity contribution in [2.75, 3.05) is 30.3 Å². The first kappa shape index (κ1) is 12.4. The zero-order valence-corrected chi connectivity index (χ0v) is 11.4. The molecule has 1 aromatic heterocycles. The molecule has 0 saturated carbocycles. The van der Waals surface area contributed by atoms with E-state index in [9.17, 15) is 0 Å².